The zero-order valence-corrected chi connectivity index (χ0v) is 17.2. The predicted molar refractivity (Wildman–Crippen MR) is 108 cm³/mol. The Hall–Kier alpha value is -1.66. The van der Waals surface area contributed by atoms with Crippen molar-refractivity contribution in [1.82, 2.24) is 10.6 Å². The van der Waals surface area contributed by atoms with E-state index in [9.17, 15) is 4.79 Å². The molecule has 1 rings (SSSR count). The second-order valence-electron chi connectivity index (χ2n) is 6.93. The number of nitrogens with zero attached hydrogens (tertiary/aromatic N) is 1. The van der Waals surface area contributed by atoms with Crippen LogP contribution in [-0.2, 0) is 4.74 Å². The van der Waals surface area contributed by atoms with Crippen LogP contribution in [0.2, 0.25) is 10.0 Å². The number of unbranched alkanes of at least 4 members (excludes halogenated alkanes) is 1. The van der Waals surface area contributed by atoms with Gasteiger partial charge in [-0.2, -0.15) is 0 Å². The smallest absolute Gasteiger partial charge is 0.407 e. The third-order valence-corrected chi connectivity index (χ3v) is 3.89. The summed E-state index contributed by atoms with van der Waals surface area (Å²) in [6, 6.07) is 5.25. The van der Waals surface area contributed by atoms with Gasteiger partial charge in [0.05, 0.1) is 6.04 Å². The van der Waals surface area contributed by atoms with Crippen LogP contribution in [0.5, 0.6) is 0 Å². The minimum Gasteiger partial charge on any atom is -0.444 e. The van der Waals surface area contributed by atoms with Gasteiger partial charge < -0.3 is 21.1 Å². The van der Waals surface area contributed by atoms with Gasteiger partial charge in [0.1, 0.15) is 5.60 Å². The van der Waals surface area contributed by atoms with E-state index in [-0.39, 0.29) is 6.04 Å². The summed E-state index contributed by atoms with van der Waals surface area (Å²) < 4.78 is 5.16. The van der Waals surface area contributed by atoms with Gasteiger partial charge in [0.15, 0.2) is 5.96 Å². The van der Waals surface area contributed by atoms with E-state index < -0.39 is 11.7 Å². The van der Waals surface area contributed by atoms with Crippen molar-refractivity contribution in [3.8, 4) is 0 Å². The number of benzene rings is 1. The molecule has 0 saturated carbocycles. The van der Waals surface area contributed by atoms with Crippen LogP contribution in [0.15, 0.2) is 23.2 Å². The van der Waals surface area contributed by atoms with Crippen LogP contribution in [0.3, 0.4) is 0 Å². The average molecular weight is 403 g/mol. The Labute approximate surface area is 165 Å². The number of hydrogen-bond acceptors (Lipinski definition) is 3. The fourth-order valence-electron chi connectivity index (χ4n) is 2.14. The molecule has 1 aromatic carbocycles. The molecular formula is C18H28Cl2N4O2. The largest absolute Gasteiger partial charge is 0.444 e. The van der Waals surface area contributed by atoms with E-state index in [2.05, 4.69) is 15.6 Å². The molecule has 0 aliphatic heterocycles. The van der Waals surface area contributed by atoms with E-state index >= 15 is 0 Å². The molecule has 8 heteroatoms. The minimum absolute atomic E-state index is 0.0858. The van der Waals surface area contributed by atoms with Gasteiger partial charge in [-0.05, 0) is 58.2 Å². The Kier molecular flexibility index (Phi) is 9.02. The van der Waals surface area contributed by atoms with E-state index in [4.69, 9.17) is 33.7 Å². The number of hydrogen-bond donors (Lipinski definition) is 3. The maximum absolute atomic E-state index is 11.5. The van der Waals surface area contributed by atoms with Crippen molar-refractivity contribution in [2.75, 3.05) is 13.1 Å². The van der Waals surface area contributed by atoms with Crippen molar-refractivity contribution < 1.29 is 9.53 Å². The molecule has 0 aromatic heterocycles. The molecule has 1 atom stereocenters. The second kappa shape index (κ2) is 10.5. The first-order valence-corrected chi connectivity index (χ1v) is 9.32. The lowest BCUT2D eigenvalue weighted by Gasteiger charge is -2.19. The Morgan fingerprint density at radius 3 is 2.62 bits per heavy atom. The highest BCUT2D eigenvalue weighted by Gasteiger charge is 2.15. The number of aliphatic imine (C=N–C) groups is 1. The lowest BCUT2D eigenvalue weighted by Crippen LogP contribution is -2.34. The van der Waals surface area contributed by atoms with Crippen molar-refractivity contribution in [2.45, 2.75) is 52.2 Å². The highest BCUT2D eigenvalue weighted by molar-refractivity contribution is 6.35. The lowest BCUT2D eigenvalue weighted by molar-refractivity contribution is 0.0527. The van der Waals surface area contributed by atoms with Gasteiger partial charge in [-0.25, -0.2) is 4.79 Å². The summed E-state index contributed by atoms with van der Waals surface area (Å²) in [6.07, 6.45) is 1.18. The van der Waals surface area contributed by atoms with Crippen LogP contribution in [0.25, 0.3) is 0 Å². The van der Waals surface area contributed by atoms with E-state index in [1.165, 1.54) is 0 Å². The molecule has 0 bridgehead atoms. The van der Waals surface area contributed by atoms with Crippen LogP contribution in [-0.4, -0.2) is 30.7 Å². The number of nitrogens with one attached hydrogen (secondary N) is 2. The molecule has 1 amide bonds. The van der Waals surface area contributed by atoms with Crippen LogP contribution >= 0.6 is 23.2 Å². The maximum Gasteiger partial charge on any atom is 0.407 e. The molecule has 0 heterocycles. The highest BCUT2D eigenvalue weighted by Crippen LogP contribution is 2.25. The summed E-state index contributed by atoms with van der Waals surface area (Å²) in [5.41, 5.74) is 6.32. The first-order valence-electron chi connectivity index (χ1n) is 8.57. The third kappa shape index (κ3) is 9.15. The fraction of sp³-hybridized carbons (Fsp3) is 0.556. The zero-order valence-electron chi connectivity index (χ0n) is 15.7. The standard InChI is InChI=1S/C18H28Cl2N4O2/c1-12(14-8-7-13(19)11-15(14)20)24-16(21)22-9-5-6-10-23-17(25)26-18(2,3)4/h7-8,11-12H,5-6,9-10H2,1-4H3,(H,23,25)(H3,21,22,24). The molecule has 26 heavy (non-hydrogen) atoms. The molecule has 0 spiro atoms. The summed E-state index contributed by atoms with van der Waals surface area (Å²) in [5, 5.41) is 6.98. The Morgan fingerprint density at radius 2 is 2.00 bits per heavy atom. The molecular weight excluding hydrogens is 375 g/mol. The van der Waals surface area contributed by atoms with Crippen molar-refractivity contribution in [3.05, 3.63) is 33.8 Å². The minimum atomic E-state index is -0.488. The Balaban J connectivity index is 2.28. The summed E-state index contributed by atoms with van der Waals surface area (Å²) in [7, 11) is 0. The predicted octanol–water partition coefficient (Wildman–Crippen LogP) is 4.26. The first-order chi connectivity index (χ1) is 12.1. The van der Waals surface area contributed by atoms with Gasteiger partial charge in [-0.3, -0.25) is 4.99 Å². The van der Waals surface area contributed by atoms with E-state index in [0.29, 0.717) is 29.1 Å². The van der Waals surface area contributed by atoms with Crippen LogP contribution in [0.1, 0.15) is 52.1 Å². The number of rotatable bonds is 7. The van der Waals surface area contributed by atoms with Gasteiger partial charge in [-0.1, -0.05) is 29.3 Å². The van der Waals surface area contributed by atoms with Crippen molar-refractivity contribution >= 4 is 35.3 Å². The number of carbonyl (C=O) groups excluding carboxylic acids is 1. The number of alkyl carbamates (subject to hydrolysis) is 1. The van der Waals surface area contributed by atoms with Crippen LogP contribution < -0.4 is 16.4 Å². The van der Waals surface area contributed by atoms with E-state index in [1.54, 1.807) is 12.1 Å². The third-order valence-electron chi connectivity index (χ3n) is 3.33. The normalized spacial score (nSPS) is 13.2. The van der Waals surface area contributed by atoms with Crippen molar-refractivity contribution in [1.29, 1.82) is 0 Å². The van der Waals surface area contributed by atoms with Crippen LogP contribution in [0, 0.1) is 0 Å². The highest BCUT2D eigenvalue weighted by atomic mass is 35.5. The molecule has 6 nitrogen and oxygen atoms in total. The van der Waals surface area contributed by atoms with Gasteiger partial charge in [0.25, 0.3) is 0 Å². The monoisotopic (exact) mass is 402 g/mol. The summed E-state index contributed by atoms with van der Waals surface area (Å²) in [6.45, 7) is 8.53. The maximum atomic E-state index is 11.5. The van der Waals surface area contributed by atoms with Crippen molar-refractivity contribution in [3.63, 3.8) is 0 Å². The molecule has 0 fully saturated rings. The number of ether oxygens (including phenoxy) is 1. The molecule has 0 aliphatic carbocycles. The molecule has 0 aliphatic rings. The zero-order chi connectivity index (χ0) is 19.7. The average Bonchev–Trinajstić information content (AvgIpc) is 2.48. The number of carbonyl (C=O) groups is 1. The van der Waals surface area contributed by atoms with Gasteiger partial charge in [0.2, 0.25) is 0 Å². The van der Waals surface area contributed by atoms with Gasteiger partial charge >= 0.3 is 6.09 Å². The summed E-state index contributed by atoms with van der Waals surface area (Å²) >= 11 is 12.1. The SMILES string of the molecule is CC(NC(N)=NCCCCNC(=O)OC(C)(C)C)c1ccc(Cl)cc1Cl. The van der Waals surface area contributed by atoms with E-state index in [0.717, 1.165) is 18.4 Å². The fourth-order valence-corrected chi connectivity index (χ4v) is 2.71. The first kappa shape index (κ1) is 22.4. The van der Waals surface area contributed by atoms with Crippen molar-refractivity contribution in [2.24, 2.45) is 10.7 Å². The molecule has 1 aromatic rings. The summed E-state index contributed by atoms with van der Waals surface area (Å²) in [4.78, 5) is 15.8. The molecule has 4 N–H and O–H groups in total. The van der Waals surface area contributed by atoms with Gasteiger partial charge in [-0.15, -0.1) is 0 Å². The number of amides is 1. The molecule has 1 unspecified atom stereocenters. The quantitative estimate of drug-likeness (QED) is 0.361. The van der Waals surface area contributed by atoms with Gasteiger partial charge in [0, 0.05) is 23.1 Å². The Bertz CT molecular complexity index is 630. The molecule has 146 valence electrons. The number of nitrogens with two attached hydrogens (primary N) is 1. The Morgan fingerprint density at radius 1 is 1.31 bits per heavy atom. The lowest BCUT2D eigenvalue weighted by atomic mass is 10.1. The topological polar surface area (TPSA) is 88.7 Å². The number of guanidine groups is 1. The van der Waals surface area contributed by atoms with E-state index in [1.807, 2.05) is 33.8 Å². The van der Waals surface area contributed by atoms with Crippen LogP contribution in [0.4, 0.5) is 4.79 Å². The molecule has 0 radical (unpaired) electrons. The summed E-state index contributed by atoms with van der Waals surface area (Å²) in [5.74, 6) is 0.351. The molecule has 0 saturated heterocycles. The number of halogens is 2. The second-order valence-corrected chi connectivity index (χ2v) is 7.78.